The van der Waals surface area contributed by atoms with E-state index >= 15 is 0 Å². The first-order valence-electron chi connectivity index (χ1n) is 7.92. The van der Waals surface area contributed by atoms with E-state index in [0.29, 0.717) is 13.0 Å². The molecule has 3 unspecified atom stereocenters. The highest BCUT2D eigenvalue weighted by molar-refractivity contribution is 5.83. The molecule has 0 bridgehead atoms. The van der Waals surface area contributed by atoms with Gasteiger partial charge < -0.3 is 10.1 Å². The highest BCUT2D eigenvalue weighted by Crippen LogP contribution is 2.58. The Balaban J connectivity index is 1.57. The topological polar surface area (TPSA) is 62.1 Å². The number of hydrogen-bond acceptors (Lipinski definition) is 3. The van der Waals surface area contributed by atoms with Crippen LogP contribution < -0.4 is 5.32 Å². The lowest BCUT2D eigenvalue weighted by atomic mass is 9.94. The van der Waals surface area contributed by atoms with Crippen LogP contribution in [0.3, 0.4) is 0 Å². The van der Waals surface area contributed by atoms with E-state index in [2.05, 4.69) is 11.4 Å². The van der Waals surface area contributed by atoms with Crippen LogP contribution in [-0.4, -0.2) is 24.7 Å². The third kappa shape index (κ3) is 3.00. The summed E-state index contributed by atoms with van der Waals surface area (Å²) in [5.74, 6) is 0.0435. The minimum absolute atomic E-state index is 0.0163. The molecule has 0 radical (unpaired) electrons. The summed E-state index contributed by atoms with van der Waals surface area (Å²) in [6, 6.07) is 12.3. The second-order valence-corrected chi connectivity index (χ2v) is 6.84. The SMILES string of the molecule is CC(C#N)(CCc1ccccc1)NC(=O)C1CC12CCOC2. The summed E-state index contributed by atoms with van der Waals surface area (Å²) in [4.78, 5) is 12.4. The number of ether oxygens (including phenoxy) is 1. The summed E-state index contributed by atoms with van der Waals surface area (Å²) in [6.07, 6.45) is 3.27. The number of amides is 1. The maximum atomic E-state index is 12.4. The van der Waals surface area contributed by atoms with Crippen LogP contribution in [0, 0.1) is 22.7 Å². The van der Waals surface area contributed by atoms with Crippen molar-refractivity contribution in [2.24, 2.45) is 11.3 Å². The van der Waals surface area contributed by atoms with Gasteiger partial charge in [0.2, 0.25) is 5.91 Å². The number of carbonyl (C=O) groups excluding carboxylic acids is 1. The molecule has 1 amide bonds. The maximum absolute atomic E-state index is 12.4. The number of hydrogen-bond donors (Lipinski definition) is 1. The highest BCUT2D eigenvalue weighted by atomic mass is 16.5. The molecule has 116 valence electrons. The Hall–Kier alpha value is -1.86. The molecular formula is C18H22N2O2. The Morgan fingerprint density at radius 3 is 2.91 bits per heavy atom. The molecule has 1 aliphatic heterocycles. The molecule has 1 aliphatic carbocycles. The van der Waals surface area contributed by atoms with E-state index in [0.717, 1.165) is 25.9 Å². The number of rotatable bonds is 5. The van der Waals surface area contributed by atoms with Gasteiger partial charge in [0.25, 0.3) is 0 Å². The van der Waals surface area contributed by atoms with Crippen molar-refractivity contribution in [2.45, 2.75) is 38.1 Å². The van der Waals surface area contributed by atoms with Crippen molar-refractivity contribution in [3.8, 4) is 6.07 Å². The lowest BCUT2D eigenvalue weighted by Gasteiger charge is -2.24. The zero-order valence-corrected chi connectivity index (χ0v) is 13.0. The quantitative estimate of drug-likeness (QED) is 0.908. The minimum atomic E-state index is -0.809. The van der Waals surface area contributed by atoms with Crippen LogP contribution in [0.15, 0.2) is 30.3 Å². The van der Waals surface area contributed by atoms with Gasteiger partial charge in [0.15, 0.2) is 0 Å². The summed E-state index contributed by atoms with van der Waals surface area (Å²) in [6.45, 7) is 3.26. The van der Waals surface area contributed by atoms with Gasteiger partial charge in [0, 0.05) is 17.9 Å². The van der Waals surface area contributed by atoms with Crippen LogP contribution in [-0.2, 0) is 16.0 Å². The molecule has 1 N–H and O–H groups in total. The smallest absolute Gasteiger partial charge is 0.225 e. The average molecular weight is 298 g/mol. The predicted molar refractivity (Wildman–Crippen MR) is 82.9 cm³/mol. The maximum Gasteiger partial charge on any atom is 0.225 e. The minimum Gasteiger partial charge on any atom is -0.381 e. The van der Waals surface area contributed by atoms with Crippen LogP contribution in [0.2, 0.25) is 0 Å². The number of aryl methyl sites for hydroxylation is 1. The van der Waals surface area contributed by atoms with Crippen LogP contribution in [0.5, 0.6) is 0 Å². The van der Waals surface area contributed by atoms with Gasteiger partial charge in [-0.2, -0.15) is 5.26 Å². The van der Waals surface area contributed by atoms with Gasteiger partial charge in [0.1, 0.15) is 5.54 Å². The fourth-order valence-electron chi connectivity index (χ4n) is 3.32. The number of nitrogens with one attached hydrogen (secondary N) is 1. The molecule has 1 aromatic rings. The molecule has 3 rings (SSSR count). The van der Waals surface area contributed by atoms with Crippen molar-refractivity contribution < 1.29 is 9.53 Å². The Morgan fingerprint density at radius 2 is 2.27 bits per heavy atom. The fourth-order valence-corrected chi connectivity index (χ4v) is 3.32. The molecule has 2 aliphatic rings. The van der Waals surface area contributed by atoms with Crippen LogP contribution >= 0.6 is 0 Å². The Labute approximate surface area is 131 Å². The van der Waals surface area contributed by atoms with Crippen molar-refractivity contribution in [3.63, 3.8) is 0 Å². The number of nitriles is 1. The van der Waals surface area contributed by atoms with Gasteiger partial charge in [-0.3, -0.25) is 4.79 Å². The molecule has 1 spiro atoms. The number of carbonyl (C=O) groups is 1. The molecule has 4 nitrogen and oxygen atoms in total. The van der Waals surface area contributed by atoms with Gasteiger partial charge in [0.05, 0.1) is 12.7 Å². The van der Waals surface area contributed by atoms with E-state index in [1.165, 1.54) is 5.56 Å². The van der Waals surface area contributed by atoms with E-state index in [9.17, 15) is 10.1 Å². The van der Waals surface area contributed by atoms with Gasteiger partial charge in [-0.15, -0.1) is 0 Å². The van der Waals surface area contributed by atoms with Gasteiger partial charge in [-0.25, -0.2) is 0 Å². The molecule has 1 aromatic carbocycles. The van der Waals surface area contributed by atoms with Crippen LogP contribution in [0.4, 0.5) is 0 Å². The summed E-state index contributed by atoms with van der Waals surface area (Å²) in [5, 5.41) is 12.5. The Kier molecular flexibility index (Phi) is 3.92. The molecule has 1 saturated heterocycles. The van der Waals surface area contributed by atoms with E-state index in [-0.39, 0.29) is 17.2 Å². The summed E-state index contributed by atoms with van der Waals surface area (Å²) in [5.41, 5.74) is 0.445. The van der Waals surface area contributed by atoms with Gasteiger partial charge in [-0.1, -0.05) is 30.3 Å². The lowest BCUT2D eigenvalue weighted by Crippen LogP contribution is -2.46. The van der Waals surface area contributed by atoms with E-state index in [1.807, 2.05) is 37.3 Å². The van der Waals surface area contributed by atoms with Crippen LogP contribution in [0.1, 0.15) is 31.7 Å². The molecule has 22 heavy (non-hydrogen) atoms. The van der Waals surface area contributed by atoms with Gasteiger partial charge in [-0.05, 0) is 38.2 Å². The van der Waals surface area contributed by atoms with Crippen molar-refractivity contribution in [3.05, 3.63) is 35.9 Å². The summed E-state index contributed by atoms with van der Waals surface area (Å²) < 4.78 is 5.42. The van der Waals surface area contributed by atoms with Gasteiger partial charge >= 0.3 is 0 Å². The third-order valence-corrected chi connectivity index (χ3v) is 5.04. The van der Waals surface area contributed by atoms with Crippen molar-refractivity contribution >= 4 is 5.91 Å². The molecule has 3 atom stereocenters. The van der Waals surface area contributed by atoms with Crippen molar-refractivity contribution in [2.75, 3.05) is 13.2 Å². The predicted octanol–water partition coefficient (Wildman–Crippen LogP) is 2.44. The molecule has 2 fully saturated rings. The van der Waals surface area contributed by atoms with E-state index < -0.39 is 5.54 Å². The largest absolute Gasteiger partial charge is 0.381 e. The first kappa shape index (κ1) is 15.1. The number of nitrogens with zero attached hydrogens (tertiary/aromatic N) is 1. The zero-order valence-electron chi connectivity index (χ0n) is 13.0. The first-order chi connectivity index (χ1) is 10.6. The van der Waals surface area contributed by atoms with E-state index in [4.69, 9.17) is 4.74 Å². The lowest BCUT2D eigenvalue weighted by molar-refractivity contribution is -0.124. The molecule has 1 saturated carbocycles. The second-order valence-electron chi connectivity index (χ2n) is 6.84. The van der Waals surface area contributed by atoms with Crippen molar-refractivity contribution in [1.82, 2.24) is 5.32 Å². The Bertz CT molecular complexity index is 587. The fraction of sp³-hybridized carbons (Fsp3) is 0.556. The van der Waals surface area contributed by atoms with E-state index in [1.54, 1.807) is 0 Å². The molecular weight excluding hydrogens is 276 g/mol. The summed E-state index contributed by atoms with van der Waals surface area (Å²) >= 11 is 0. The highest BCUT2D eigenvalue weighted by Gasteiger charge is 2.60. The zero-order chi connectivity index (χ0) is 15.6. The first-order valence-corrected chi connectivity index (χ1v) is 7.92. The second kappa shape index (κ2) is 5.73. The van der Waals surface area contributed by atoms with Crippen LogP contribution in [0.25, 0.3) is 0 Å². The molecule has 1 heterocycles. The number of benzene rings is 1. The molecule has 4 heteroatoms. The third-order valence-electron chi connectivity index (χ3n) is 5.04. The normalized spacial score (nSPS) is 28.8. The Morgan fingerprint density at radius 1 is 1.50 bits per heavy atom. The summed E-state index contributed by atoms with van der Waals surface area (Å²) in [7, 11) is 0. The average Bonchev–Trinajstić information content (AvgIpc) is 3.04. The molecule has 0 aromatic heterocycles. The monoisotopic (exact) mass is 298 g/mol. The van der Waals surface area contributed by atoms with Crippen molar-refractivity contribution in [1.29, 1.82) is 5.26 Å². The standard InChI is InChI=1S/C18H22N2O2/c1-17(12-19,8-7-14-5-3-2-4-6-14)20-16(21)15-11-18(15)9-10-22-13-18/h2-6,15H,7-11,13H2,1H3,(H,20,21).